The number of aromatic nitrogens is 2. The predicted octanol–water partition coefficient (Wildman–Crippen LogP) is 1.31. The van der Waals surface area contributed by atoms with E-state index in [4.69, 9.17) is 0 Å². The first-order chi connectivity index (χ1) is 13.9. The molecule has 1 aliphatic carbocycles. The van der Waals surface area contributed by atoms with Gasteiger partial charge < -0.3 is 26.1 Å². The van der Waals surface area contributed by atoms with Gasteiger partial charge in [0, 0.05) is 11.7 Å². The van der Waals surface area contributed by atoms with Gasteiger partial charge in [-0.05, 0) is 57.3 Å². The second-order valence-corrected chi connectivity index (χ2v) is 8.10. The summed E-state index contributed by atoms with van der Waals surface area (Å²) in [4.78, 5) is 12.1. The zero-order chi connectivity index (χ0) is 21.0. The van der Waals surface area contributed by atoms with Gasteiger partial charge in [0.2, 0.25) is 11.7 Å². The normalized spacial score (nSPS) is 21.9. The number of anilines is 1. The minimum Gasteiger partial charge on any atom is -0.409 e. The lowest BCUT2D eigenvalue weighted by Gasteiger charge is -2.11. The van der Waals surface area contributed by atoms with Crippen LogP contribution in [0.4, 0.5) is 10.1 Å². The van der Waals surface area contributed by atoms with Crippen LogP contribution in [0, 0.1) is 5.82 Å². The van der Waals surface area contributed by atoms with Crippen LogP contribution in [0.25, 0.3) is 0 Å². The highest BCUT2D eigenvalue weighted by Gasteiger charge is 2.32. The number of rotatable bonds is 6. The average Bonchev–Trinajstić information content (AvgIpc) is 3.27. The molecular weight excluding hydrogens is 473 g/mol. The van der Waals surface area contributed by atoms with Crippen LogP contribution in [0.1, 0.15) is 18.5 Å². The Bertz CT molecular complexity index is 904. The average molecular weight is 490 g/mol. The van der Waals surface area contributed by atoms with Gasteiger partial charge in [0.15, 0.2) is 10.7 Å². The number of carbonyl (C=O) groups excluding carboxylic acids is 1. The minimum atomic E-state index is -0.847. The SMILES string of the molecule is O=C(CSc1nonc1C(=NO)Nc1ccc(F)c(Br)c1)N[C@@H]1C[C@@H](O)[C@@H](O)C1. The molecule has 3 atom stereocenters. The van der Waals surface area contributed by atoms with Crippen molar-refractivity contribution >= 4 is 45.1 Å². The maximum Gasteiger partial charge on any atom is 0.230 e. The molecule has 1 fully saturated rings. The first-order valence-corrected chi connectivity index (χ1v) is 10.2. The van der Waals surface area contributed by atoms with Crippen LogP contribution in [0.3, 0.4) is 0 Å². The summed E-state index contributed by atoms with van der Waals surface area (Å²) in [7, 11) is 0. The molecule has 156 valence electrons. The van der Waals surface area contributed by atoms with E-state index >= 15 is 0 Å². The van der Waals surface area contributed by atoms with Gasteiger partial charge in [-0.15, -0.1) is 0 Å². The number of aliphatic hydroxyl groups is 2. The predicted molar refractivity (Wildman–Crippen MR) is 104 cm³/mol. The maximum atomic E-state index is 13.4. The second kappa shape index (κ2) is 9.52. The molecular formula is C16H17BrFN5O5S. The maximum absolute atomic E-state index is 13.4. The van der Waals surface area contributed by atoms with E-state index in [1.165, 1.54) is 18.2 Å². The minimum absolute atomic E-state index is 0.0370. The summed E-state index contributed by atoms with van der Waals surface area (Å²) >= 11 is 4.06. The van der Waals surface area contributed by atoms with Crippen molar-refractivity contribution in [1.82, 2.24) is 15.6 Å². The molecule has 13 heteroatoms. The molecule has 0 radical (unpaired) electrons. The molecule has 0 unspecified atom stereocenters. The van der Waals surface area contributed by atoms with Gasteiger partial charge in [0.1, 0.15) is 5.82 Å². The molecule has 1 aromatic carbocycles. The molecule has 29 heavy (non-hydrogen) atoms. The van der Waals surface area contributed by atoms with Gasteiger partial charge in [0.25, 0.3) is 0 Å². The third-order valence-corrected chi connectivity index (χ3v) is 5.72. The van der Waals surface area contributed by atoms with Gasteiger partial charge in [-0.3, -0.25) is 4.79 Å². The van der Waals surface area contributed by atoms with Gasteiger partial charge in [-0.25, -0.2) is 9.02 Å². The molecule has 3 rings (SSSR count). The van der Waals surface area contributed by atoms with Gasteiger partial charge in [-0.2, -0.15) is 0 Å². The van der Waals surface area contributed by atoms with Crippen molar-refractivity contribution in [2.24, 2.45) is 5.16 Å². The highest BCUT2D eigenvalue weighted by Crippen LogP contribution is 2.24. The molecule has 1 heterocycles. The molecule has 0 saturated heterocycles. The molecule has 2 aromatic rings. The smallest absolute Gasteiger partial charge is 0.230 e. The van der Waals surface area contributed by atoms with Crippen LogP contribution < -0.4 is 10.6 Å². The number of thioether (sulfide) groups is 1. The number of hydrogen-bond donors (Lipinski definition) is 5. The quantitative estimate of drug-likeness (QED) is 0.133. The van der Waals surface area contributed by atoms with E-state index in [9.17, 15) is 24.6 Å². The highest BCUT2D eigenvalue weighted by atomic mass is 79.9. The van der Waals surface area contributed by atoms with Gasteiger partial charge in [-0.1, -0.05) is 16.9 Å². The summed E-state index contributed by atoms with van der Waals surface area (Å²) in [6.07, 6.45) is -1.13. The number of nitrogens with one attached hydrogen (secondary N) is 2. The third kappa shape index (κ3) is 5.44. The van der Waals surface area contributed by atoms with E-state index in [0.29, 0.717) is 5.69 Å². The summed E-state index contributed by atoms with van der Waals surface area (Å²) in [5.74, 6) is -0.918. The fourth-order valence-corrected chi connectivity index (χ4v) is 3.86. The summed E-state index contributed by atoms with van der Waals surface area (Å²) in [6.45, 7) is 0. The Morgan fingerprint density at radius 2 is 2.07 bits per heavy atom. The zero-order valence-electron chi connectivity index (χ0n) is 14.7. The molecule has 10 nitrogen and oxygen atoms in total. The van der Waals surface area contributed by atoms with Crippen LogP contribution in [0.15, 0.2) is 37.5 Å². The number of amides is 1. The fourth-order valence-electron chi connectivity index (χ4n) is 2.78. The first kappa shape index (κ1) is 21.5. The third-order valence-electron chi connectivity index (χ3n) is 4.17. The van der Waals surface area contributed by atoms with Crippen LogP contribution in [0.2, 0.25) is 0 Å². The van der Waals surface area contributed by atoms with E-state index < -0.39 is 18.0 Å². The number of halogens is 2. The molecule has 5 N–H and O–H groups in total. The van der Waals surface area contributed by atoms with Crippen molar-refractivity contribution in [3.63, 3.8) is 0 Å². The lowest BCUT2D eigenvalue weighted by Crippen LogP contribution is -2.34. The van der Waals surface area contributed by atoms with E-state index in [0.717, 1.165) is 11.8 Å². The number of aliphatic hydroxyl groups excluding tert-OH is 2. The zero-order valence-corrected chi connectivity index (χ0v) is 17.2. The number of benzene rings is 1. The Morgan fingerprint density at radius 1 is 1.34 bits per heavy atom. The van der Waals surface area contributed by atoms with Crippen LogP contribution in [-0.2, 0) is 4.79 Å². The van der Waals surface area contributed by atoms with Gasteiger partial charge in [0.05, 0.1) is 22.4 Å². The van der Waals surface area contributed by atoms with Crippen molar-refractivity contribution in [1.29, 1.82) is 0 Å². The van der Waals surface area contributed by atoms with Crippen molar-refractivity contribution in [2.75, 3.05) is 11.1 Å². The van der Waals surface area contributed by atoms with Crippen LogP contribution >= 0.6 is 27.7 Å². The lowest BCUT2D eigenvalue weighted by molar-refractivity contribution is -0.119. The summed E-state index contributed by atoms with van der Waals surface area (Å²) in [5, 5.41) is 44.6. The van der Waals surface area contributed by atoms with Crippen molar-refractivity contribution < 1.29 is 29.2 Å². The number of amidine groups is 1. The summed E-state index contributed by atoms with van der Waals surface area (Å²) < 4.78 is 18.3. The van der Waals surface area contributed by atoms with E-state index in [2.05, 4.69) is 46.7 Å². The Hall–Kier alpha value is -2.22. The molecule has 1 aromatic heterocycles. The number of oxime groups is 1. The Labute approximate surface area is 176 Å². The molecule has 1 aliphatic rings. The van der Waals surface area contributed by atoms with E-state index in [1.54, 1.807) is 0 Å². The van der Waals surface area contributed by atoms with Crippen LogP contribution in [-0.4, -0.2) is 61.5 Å². The second-order valence-electron chi connectivity index (χ2n) is 6.28. The Balaban J connectivity index is 1.60. The number of carbonyl (C=O) groups is 1. The highest BCUT2D eigenvalue weighted by molar-refractivity contribution is 9.10. The van der Waals surface area contributed by atoms with Crippen molar-refractivity contribution in [3.8, 4) is 0 Å². The monoisotopic (exact) mass is 489 g/mol. The largest absolute Gasteiger partial charge is 0.409 e. The summed E-state index contributed by atoms with van der Waals surface area (Å²) in [6, 6.07) is 3.79. The number of hydrogen-bond acceptors (Lipinski definition) is 9. The first-order valence-electron chi connectivity index (χ1n) is 8.42. The van der Waals surface area contributed by atoms with Crippen molar-refractivity contribution in [2.45, 2.75) is 36.1 Å². The van der Waals surface area contributed by atoms with Crippen molar-refractivity contribution in [3.05, 3.63) is 34.2 Å². The van der Waals surface area contributed by atoms with Crippen LogP contribution in [0.5, 0.6) is 0 Å². The molecule has 0 spiro atoms. The molecule has 0 bridgehead atoms. The van der Waals surface area contributed by atoms with Gasteiger partial charge >= 0.3 is 0 Å². The molecule has 1 amide bonds. The number of nitrogens with zero attached hydrogens (tertiary/aromatic N) is 3. The van der Waals surface area contributed by atoms with E-state index in [1.807, 2.05) is 0 Å². The standard InChI is InChI=1S/C16H17BrFN5O5S/c17-9-3-7(1-2-10(9)18)20-15(21-27)14-16(23-28-22-14)29-6-13(26)19-8-4-11(24)12(25)5-8/h1-3,8,11-12,24-25,27H,4-6H2,(H,19,26)(H,20,21)/t8-,11-,12+. The molecule has 1 saturated carbocycles. The Kier molecular flexibility index (Phi) is 7.05. The summed E-state index contributed by atoms with van der Waals surface area (Å²) in [5.41, 5.74) is 0.485. The van der Waals surface area contributed by atoms with E-state index in [-0.39, 0.29) is 51.6 Å². The fraction of sp³-hybridized carbons (Fsp3) is 0.375. The Morgan fingerprint density at radius 3 is 2.72 bits per heavy atom. The topological polar surface area (TPSA) is 153 Å². The lowest BCUT2D eigenvalue weighted by atomic mass is 10.2. The molecule has 0 aliphatic heterocycles.